The van der Waals surface area contributed by atoms with Gasteiger partial charge in [-0.15, -0.1) is 0 Å². The molecule has 1 atom stereocenters. The lowest BCUT2D eigenvalue weighted by Gasteiger charge is -2.25. The van der Waals surface area contributed by atoms with Crippen LogP contribution in [0.5, 0.6) is 5.75 Å². The number of amides is 1. The Morgan fingerprint density at radius 3 is 2.27 bits per heavy atom. The van der Waals surface area contributed by atoms with Crippen LogP contribution < -0.4 is 4.74 Å². The average molecular weight is 408 g/mol. The number of carbonyl (C=O) groups is 2. The number of likely N-dealkylation sites (tertiary alicyclic amines) is 1. The molecule has 0 bridgehead atoms. The van der Waals surface area contributed by atoms with Crippen molar-refractivity contribution in [2.45, 2.75) is 45.6 Å². The largest absolute Gasteiger partial charge is 0.507 e. The summed E-state index contributed by atoms with van der Waals surface area (Å²) >= 11 is 0. The van der Waals surface area contributed by atoms with Crippen molar-refractivity contribution in [2.75, 3.05) is 13.7 Å². The van der Waals surface area contributed by atoms with Crippen molar-refractivity contribution in [3.63, 3.8) is 0 Å². The van der Waals surface area contributed by atoms with Crippen LogP contribution in [0.2, 0.25) is 0 Å². The van der Waals surface area contributed by atoms with E-state index in [-0.39, 0.29) is 11.3 Å². The number of methoxy groups -OCH3 is 1. The number of aryl methyl sites for hydroxylation is 1. The van der Waals surface area contributed by atoms with Crippen LogP contribution in [0, 0.1) is 6.92 Å². The van der Waals surface area contributed by atoms with E-state index in [2.05, 4.69) is 6.92 Å². The van der Waals surface area contributed by atoms with Gasteiger partial charge in [-0.1, -0.05) is 68.1 Å². The van der Waals surface area contributed by atoms with Crippen molar-refractivity contribution in [1.82, 2.24) is 4.90 Å². The summed E-state index contributed by atoms with van der Waals surface area (Å²) in [6, 6.07) is 14.0. The van der Waals surface area contributed by atoms with Gasteiger partial charge in [-0.05, 0) is 31.0 Å². The van der Waals surface area contributed by atoms with Gasteiger partial charge >= 0.3 is 0 Å². The SMILES string of the molecule is CCCCCCN1C(=O)C(=O)/C(=C(/O)c2ccc(C)cc2)C1c1ccc(OC)cc1. The number of Topliss-reactive ketones (excluding diaryl/α,β-unsaturated/α-hetero) is 1. The van der Waals surface area contributed by atoms with Gasteiger partial charge in [0.1, 0.15) is 11.5 Å². The fourth-order valence-electron chi connectivity index (χ4n) is 3.82. The second kappa shape index (κ2) is 9.61. The van der Waals surface area contributed by atoms with Crippen LogP contribution in [-0.4, -0.2) is 35.4 Å². The zero-order valence-corrected chi connectivity index (χ0v) is 17.9. The first-order chi connectivity index (χ1) is 14.5. The number of ether oxygens (including phenoxy) is 1. The van der Waals surface area contributed by atoms with Gasteiger partial charge in [0.05, 0.1) is 18.7 Å². The number of unbranched alkanes of at least 4 members (excludes halogenated alkanes) is 3. The molecule has 0 saturated carbocycles. The highest BCUT2D eigenvalue weighted by Crippen LogP contribution is 2.40. The minimum Gasteiger partial charge on any atom is -0.507 e. The second-order valence-corrected chi connectivity index (χ2v) is 7.69. The average Bonchev–Trinajstić information content (AvgIpc) is 3.01. The van der Waals surface area contributed by atoms with Gasteiger partial charge in [0.15, 0.2) is 0 Å². The predicted octanol–water partition coefficient (Wildman–Crippen LogP) is 5.01. The van der Waals surface area contributed by atoms with Crippen molar-refractivity contribution < 1.29 is 19.4 Å². The lowest BCUT2D eigenvalue weighted by Crippen LogP contribution is -2.30. The molecule has 0 aromatic heterocycles. The van der Waals surface area contributed by atoms with E-state index in [0.29, 0.717) is 17.9 Å². The van der Waals surface area contributed by atoms with Gasteiger partial charge in [-0.2, -0.15) is 0 Å². The number of rotatable bonds is 8. The lowest BCUT2D eigenvalue weighted by molar-refractivity contribution is -0.139. The molecule has 0 radical (unpaired) electrons. The number of hydrogen-bond acceptors (Lipinski definition) is 4. The van der Waals surface area contributed by atoms with Gasteiger partial charge in [-0.3, -0.25) is 9.59 Å². The van der Waals surface area contributed by atoms with Crippen molar-refractivity contribution in [3.8, 4) is 5.75 Å². The quantitative estimate of drug-likeness (QED) is 0.289. The summed E-state index contributed by atoms with van der Waals surface area (Å²) in [5.41, 5.74) is 2.50. The van der Waals surface area contributed by atoms with E-state index in [1.807, 2.05) is 31.2 Å². The molecule has 158 valence electrons. The fraction of sp³-hybridized carbons (Fsp3) is 0.360. The minimum atomic E-state index is -0.635. The molecule has 1 heterocycles. The molecular weight excluding hydrogens is 378 g/mol. The highest BCUT2D eigenvalue weighted by atomic mass is 16.5. The lowest BCUT2D eigenvalue weighted by atomic mass is 9.95. The molecule has 1 N–H and O–H groups in total. The molecule has 1 aliphatic heterocycles. The Labute approximate surface area is 178 Å². The smallest absolute Gasteiger partial charge is 0.295 e. The third-order valence-electron chi connectivity index (χ3n) is 5.55. The van der Waals surface area contributed by atoms with Crippen LogP contribution in [0.25, 0.3) is 5.76 Å². The fourth-order valence-corrected chi connectivity index (χ4v) is 3.82. The summed E-state index contributed by atoms with van der Waals surface area (Å²) in [4.78, 5) is 27.4. The first-order valence-electron chi connectivity index (χ1n) is 10.5. The summed E-state index contributed by atoms with van der Waals surface area (Å²) in [6.07, 6.45) is 3.99. The van der Waals surface area contributed by atoms with Gasteiger partial charge in [0.2, 0.25) is 0 Å². The molecule has 3 rings (SSSR count). The van der Waals surface area contributed by atoms with Crippen LogP contribution in [0.3, 0.4) is 0 Å². The minimum absolute atomic E-state index is 0.134. The normalized spacial score (nSPS) is 18.1. The van der Waals surface area contributed by atoms with Gasteiger partial charge in [0, 0.05) is 12.1 Å². The molecule has 2 aromatic carbocycles. The molecule has 30 heavy (non-hydrogen) atoms. The topological polar surface area (TPSA) is 66.8 Å². The zero-order chi connectivity index (χ0) is 21.7. The van der Waals surface area contributed by atoms with E-state index in [1.54, 1.807) is 36.3 Å². The molecule has 1 saturated heterocycles. The Balaban J connectivity index is 2.05. The Hall–Kier alpha value is -3.08. The molecule has 1 amide bonds. The Kier molecular flexibility index (Phi) is 6.93. The monoisotopic (exact) mass is 407 g/mol. The summed E-state index contributed by atoms with van der Waals surface area (Å²) in [7, 11) is 1.59. The maximum absolute atomic E-state index is 13.0. The highest BCUT2D eigenvalue weighted by molar-refractivity contribution is 6.46. The van der Waals surface area contributed by atoms with E-state index < -0.39 is 17.7 Å². The zero-order valence-electron chi connectivity index (χ0n) is 17.9. The van der Waals surface area contributed by atoms with Crippen LogP contribution in [0.15, 0.2) is 54.1 Å². The number of aliphatic hydroxyl groups is 1. The summed E-state index contributed by atoms with van der Waals surface area (Å²) in [5.74, 6) is -0.632. The highest BCUT2D eigenvalue weighted by Gasteiger charge is 2.45. The number of nitrogens with zero attached hydrogens (tertiary/aromatic N) is 1. The van der Waals surface area contributed by atoms with Crippen molar-refractivity contribution >= 4 is 17.4 Å². The van der Waals surface area contributed by atoms with Gasteiger partial charge in [0.25, 0.3) is 11.7 Å². The summed E-state index contributed by atoms with van der Waals surface area (Å²) < 4.78 is 5.24. The predicted molar refractivity (Wildman–Crippen MR) is 117 cm³/mol. The van der Waals surface area contributed by atoms with E-state index in [4.69, 9.17) is 4.74 Å². The summed E-state index contributed by atoms with van der Waals surface area (Å²) in [5, 5.41) is 11.0. The van der Waals surface area contributed by atoms with E-state index in [0.717, 1.165) is 36.8 Å². The van der Waals surface area contributed by atoms with Crippen LogP contribution in [-0.2, 0) is 9.59 Å². The summed E-state index contributed by atoms with van der Waals surface area (Å²) in [6.45, 7) is 4.56. The van der Waals surface area contributed by atoms with Crippen molar-refractivity contribution in [1.29, 1.82) is 0 Å². The van der Waals surface area contributed by atoms with Crippen LogP contribution in [0.4, 0.5) is 0 Å². The molecule has 0 spiro atoms. The molecule has 1 fully saturated rings. The Morgan fingerprint density at radius 1 is 1.00 bits per heavy atom. The molecular formula is C25H29NO4. The number of ketones is 1. The first kappa shape index (κ1) is 21.6. The van der Waals surface area contributed by atoms with E-state index >= 15 is 0 Å². The molecule has 2 aromatic rings. The maximum atomic E-state index is 13.0. The van der Waals surface area contributed by atoms with E-state index in [1.165, 1.54) is 0 Å². The Bertz CT molecular complexity index is 929. The number of carbonyl (C=O) groups excluding carboxylic acids is 2. The first-order valence-corrected chi connectivity index (χ1v) is 10.5. The number of benzene rings is 2. The molecule has 5 heteroatoms. The van der Waals surface area contributed by atoms with Gasteiger partial charge < -0.3 is 14.7 Å². The van der Waals surface area contributed by atoms with Crippen LogP contribution in [0.1, 0.15) is 55.3 Å². The maximum Gasteiger partial charge on any atom is 0.295 e. The third-order valence-corrected chi connectivity index (χ3v) is 5.55. The molecule has 5 nitrogen and oxygen atoms in total. The Morgan fingerprint density at radius 2 is 1.67 bits per heavy atom. The number of aliphatic hydroxyl groups excluding tert-OH is 1. The van der Waals surface area contributed by atoms with Crippen molar-refractivity contribution in [3.05, 3.63) is 70.8 Å². The van der Waals surface area contributed by atoms with Crippen molar-refractivity contribution in [2.24, 2.45) is 0 Å². The molecule has 0 aliphatic carbocycles. The molecule has 1 aliphatic rings. The van der Waals surface area contributed by atoms with Gasteiger partial charge in [-0.25, -0.2) is 0 Å². The van der Waals surface area contributed by atoms with Crippen LogP contribution >= 0.6 is 0 Å². The number of hydrogen-bond donors (Lipinski definition) is 1. The molecule has 1 unspecified atom stereocenters. The second-order valence-electron chi connectivity index (χ2n) is 7.69. The standard InChI is InChI=1S/C25H29NO4/c1-4-5-6-7-16-26-22(18-12-14-20(30-3)15-13-18)21(24(28)25(26)29)23(27)19-10-8-17(2)9-11-19/h8-15,22,27H,4-7,16H2,1-3H3/b23-21+. The van der Waals surface area contributed by atoms with E-state index in [9.17, 15) is 14.7 Å². The third kappa shape index (κ3) is 4.40.